The van der Waals surface area contributed by atoms with E-state index < -0.39 is 54.8 Å². The van der Waals surface area contributed by atoms with Crippen LogP contribution in [0.15, 0.2) is 6.07 Å². The van der Waals surface area contributed by atoms with Gasteiger partial charge in [0.25, 0.3) is 0 Å². The minimum Gasteiger partial charge on any atom is -0.394 e. The highest BCUT2D eigenvalue weighted by Crippen LogP contribution is 2.42. The summed E-state index contributed by atoms with van der Waals surface area (Å²) < 4.78 is 10.8. The molecule has 1 saturated heterocycles. The van der Waals surface area contributed by atoms with Crippen molar-refractivity contribution in [3.63, 3.8) is 0 Å². The number of rotatable bonds is 6. The fourth-order valence-corrected chi connectivity index (χ4v) is 4.12. The molecule has 30 heavy (non-hydrogen) atoms. The van der Waals surface area contributed by atoms with Crippen molar-refractivity contribution in [1.82, 2.24) is 0 Å². The predicted octanol–water partition coefficient (Wildman–Crippen LogP) is -2.17. The van der Waals surface area contributed by atoms with Crippen molar-refractivity contribution < 1.29 is 50.0 Å². The molecule has 10 nitrogen and oxygen atoms in total. The molecule has 0 unspecified atom stereocenters. The summed E-state index contributed by atoms with van der Waals surface area (Å²) in [5, 5.41) is 69.3. The molecule has 7 N–H and O–H groups in total. The highest BCUT2D eigenvalue weighted by atomic mass is 16.7. The van der Waals surface area contributed by atoms with Gasteiger partial charge in [0.05, 0.1) is 19.8 Å². The molecular formula is C20H28O10. The average Bonchev–Trinajstić information content (AvgIpc) is 2.89. The minimum atomic E-state index is -1.95. The smallest absolute Gasteiger partial charge is 0.197 e. The van der Waals surface area contributed by atoms with Crippen molar-refractivity contribution in [1.29, 1.82) is 0 Å². The molecule has 3 rings (SSSR count). The van der Waals surface area contributed by atoms with Crippen LogP contribution in [-0.4, -0.2) is 91.0 Å². The van der Waals surface area contributed by atoms with Gasteiger partial charge in [-0.1, -0.05) is 0 Å². The van der Waals surface area contributed by atoms with Crippen LogP contribution in [0.25, 0.3) is 0 Å². The lowest BCUT2D eigenvalue weighted by Crippen LogP contribution is -2.59. The lowest BCUT2D eigenvalue weighted by molar-refractivity contribution is -0.300. The topological polar surface area (TPSA) is 177 Å². The summed E-state index contributed by atoms with van der Waals surface area (Å²) in [6.07, 6.45) is -8.18. The van der Waals surface area contributed by atoms with Crippen LogP contribution in [0.1, 0.15) is 45.6 Å². The summed E-state index contributed by atoms with van der Waals surface area (Å²) in [4.78, 5) is 12.6. The van der Waals surface area contributed by atoms with Crippen LogP contribution < -0.4 is 0 Å². The lowest BCUT2D eigenvalue weighted by atomic mass is 9.91. The largest absolute Gasteiger partial charge is 0.394 e. The summed E-state index contributed by atoms with van der Waals surface area (Å²) in [6.45, 7) is 1.90. The van der Waals surface area contributed by atoms with E-state index >= 15 is 0 Å². The van der Waals surface area contributed by atoms with Crippen LogP contribution in [0.4, 0.5) is 0 Å². The molecule has 0 radical (unpaired) electrons. The Kier molecular flexibility index (Phi) is 6.63. The van der Waals surface area contributed by atoms with Crippen molar-refractivity contribution in [2.24, 2.45) is 0 Å². The first-order valence-electron chi connectivity index (χ1n) is 9.69. The molecule has 168 valence electrons. The van der Waals surface area contributed by atoms with E-state index in [1.165, 1.54) is 13.0 Å². The van der Waals surface area contributed by atoms with Crippen LogP contribution >= 0.6 is 0 Å². The molecule has 0 saturated carbocycles. The van der Waals surface area contributed by atoms with Gasteiger partial charge in [-0.05, 0) is 48.6 Å². The van der Waals surface area contributed by atoms with Gasteiger partial charge in [-0.15, -0.1) is 0 Å². The van der Waals surface area contributed by atoms with Gasteiger partial charge in [0.15, 0.2) is 17.7 Å². The number of carbonyl (C=O) groups excluding carboxylic acids is 1. The number of ketones is 1. The number of carbonyl (C=O) groups is 1. The van der Waals surface area contributed by atoms with Crippen molar-refractivity contribution in [3.05, 3.63) is 33.9 Å². The van der Waals surface area contributed by atoms with E-state index in [-0.39, 0.29) is 30.8 Å². The first kappa shape index (κ1) is 23.2. The van der Waals surface area contributed by atoms with Crippen LogP contribution in [0.5, 0.6) is 0 Å². The quantitative estimate of drug-likeness (QED) is 0.264. The van der Waals surface area contributed by atoms with Gasteiger partial charge in [0.1, 0.15) is 30.5 Å². The maximum Gasteiger partial charge on any atom is 0.197 e. The number of ether oxygens (including phenoxy) is 2. The van der Waals surface area contributed by atoms with Gasteiger partial charge in [0.2, 0.25) is 0 Å². The van der Waals surface area contributed by atoms with Gasteiger partial charge in [-0.2, -0.15) is 0 Å². The fourth-order valence-electron chi connectivity index (χ4n) is 4.12. The maximum absolute atomic E-state index is 12.6. The lowest BCUT2D eigenvalue weighted by Gasteiger charge is -2.39. The van der Waals surface area contributed by atoms with E-state index in [0.29, 0.717) is 16.7 Å². The second-order valence-corrected chi connectivity index (χ2v) is 7.96. The molecule has 2 aliphatic rings. The van der Waals surface area contributed by atoms with Crippen molar-refractivity contribution >= 4 is 5.78 Å². The van der Waals surface area contributed by atoms with Gasteiger partial charge >= 0.3 is 0 Å². The molecular weight excluding hydrogens is 400 g/mol. The van der Waals surface area contributed by atoms with Crippen LogP contribution in [-0.2, 0) is 22.5 Å². The summed E-state index contributed by atoms with van der Waals surface area (Å²) in [6, 6.07) is 1.48. The highest BCUT2D eigenvalue weighted by molar-refractivity contribution is 6.08. The fraction of sp³-hybridized carbons (Fsp3) is 0.650. The number of hydrogen-bond acceptors (Lipinski definition) is 10. The number of hydrogen-bond donors (Lipinski definition) is 7. The third-order valence-corrected chi connectivity index (χ3v) is 6.00. The maximum atomic E-state index is 12.6. The third-order valence-electron chi connectivity index (χ3n) is 6.00. The Labute approximate surface area is 172 Å². The molecule has 0 spiro atoms. The van der Waals surface area contributed by atoms with Crippen LogP contribution in [0.2, 0.25) is 0 Å². The number of benzene rings is 1. The monoisotopic (exact) mass is 428 g/mol. The number of aliphatic hydroxyl groups is 7. The molecule has 1 aliphatic heterocycles. The molecule has 0 aromatic heterocycles. The molecule has 10 heteroatoms. The van der Waals surface area contributed by atoms with Gasteiger partial charge in [0, 0.05) is 5.56 Å². The SMILES string of the molecule is Cc1c(CCO[C@H]2O[C@@H](CO)[C@H](O)[C@H](O)[C@H]2O)c(CO)cc2c1C(=O)[C@@](C)(O)[C@@H]2O. The van der Waals surface area contributed by atoms with E-state index in [4.69, 9.17) is 9.47 Å². The molecule has 1 aromatic rings. The van der Waals surface area contributed by atoms with Crippen LogP contribution in [0.3, 0.4) is 0 Å². The van der Waals surface area contributed by atoms with E-state index in [0.717, 1.165) is 0 Å². The number of Topliss-reactive ketones (excluding diaryl/α,β-unsaturated/α-hetero) is 1. The van der Waals surface area contributed by atoms with E-state index in [1.54, 1.807) is 6.92 Å². The Morgan fingerprint density at radius 3 is 2.40 bits per heavy atom. The van der Waals surface area contributed by atoms with E-state index in [2.05, 4.69) is 0 Å². The molecule has 7 atom stereocenters. The van der Waals surface area contributed by atoms with Crippen molar-refractivity contribution in [2.45, 2.75) is 69.3 Å². The van der Waals surface area contributed by atoms with E-state index in [1.807, 2.05) is 0 Å². The first-order chi connectivity index (χ1) is 14.1. The Hall–Kier alpha value is -1.47. The van der Waals surface area contributed by atoms with Crippen LogP contribution in [0, 0.1) is 6.92 Å². The third kappa shape index (κ3) is 3.68. The second-order valence-electron chi connectivity index (χ2n) is 7.96. The Morgan fingerprint density at radius 1 is 1.13 bits per heavy atom. The predicted molar refractivity (Wildman–Crippen MR) is 100 cm³/mol. The Morgan fingerprint density at radius 2 is 1.80 bits per heavy atom. The summed E-state index contributed by atoms with van der Waals surface area (Å²) >= 11 is 0. The van der Waals surface area contributed by atoms with Crippen molar-refractivity contribution in [2.75, 3.05) is 13.2 Å². The molecule has 1 aromatic carbocycles. The molecule has 1 fully saturated rings. The number of aliphatic hydroxyl groups excluding tert-OH is 6. The summed E-state index contributed by atoms with van der Waals surface area (Å²) in [7, 11) is 0. The molecule has 1 heterocycles. The second kappa shape index (κ2) is 8.58. The minimum absolute atomic E-state index is 0.0392. The normalized spacial score (nSPS) is 36.2. The summed E-state index contributed by atoms with van der Waals surface area (Å²) in [5.74, 6) is -0.608. The molecule has 0 amide bonds. The first-order valence-corrected chi connectivity index (χ1v) is 9.69. The Balaban J connectivity index is 1.78. The number of fused-ring (bicyclic) bond motifs is 1. The zero-order valence-electron chi connectivity index (χ0n) is 16.7. The van der Waals surface area contributed by atoms with Gasteiger partial charge in [-0.25, -0.2) is 0 Å². The van der Waals surface area contributed by atoms with Gasteiger partial charge in [-0.3, -0.25) is 4.79 Å². The highest BCUT2D eigenvalue weighted by Gasteiger charge is 2.49. The average molecular weight is 428 g/mol. The van der Waals surface area contributed by atoms with Gasteiger partial charge < -0.3 is 45.2 Å². The van der Waals surface area contributed by atoms with E-state index in [9.17, 15) is 40.5 Å². The standard InChI is InChI=1S/C20H28O10/c1-8-10(3-4-29-19-16(25)15(24)14(23)12(7-22)30-19)9(6-21)5-11-13(8)18(27)20(2,28)17(11)26/h5,12,14-17,19,21-26,28H,3-4,6-7H2,1-2H3/t12-,14-,15-,16+,17+,19-,20-/m0/s1. The van der Waals surface area contributed by atoms with Crippen molar-refractivity contribution in [3.8, 4) is 0 Å². The zero-order valence-corrected chi connectivity index (χ0v) is 16.7. The molecule has 1 aliphatic carbocycles. The summed E-state index contributed by atoms with van der Waals surface area (Å²) in [5.41, 5.74) is 0.0337. The zero-order chi connectivity index (χ0) is 22.4. The molecule has 0 bridgehead atoms. The Bertz CT molecular complexity index is 805.